The zero-order chi connectivity index (χ0) is 19.0. The molecule has 0 unspecified atom stereocenters. The molecule has 25 heavy (non-hydrogen) atoms. The van der Waals surface area contributed by atoms with E-state index < -0.39 is 57.2 Å². The van der Waals surface area contributed by atoms with Crippen molar-refractivity contribution in [3.05, 3.63) is 29.1 Å². The molecule has 0 aromatic heterocycles. The van der Waals surface area contributed by atoms with E-state index in [0.29, 0.717) is 13.2 Å². The highest BCUT2D eigenvalue weighted by molar-refractivity contribution is 6.27. The van der Waals surface area contributed by atoms with Crippen LogP contribution in [-0.4, -0.2) is 41.7 Å². The fraction of sp³-hybridized carbons (Fsp3) is 0.462. The number of amides is 1. The van der Waals surface area contributed by atoms with Crippen LogP contribution in [0.2, 0.25) is 0 Å². The Bertz CT molecular complexity index is 572. The SMILES string of the molecule is CCOC(OCC)O[SiH2]CNC(=O)Oc1c(F)c(F)c(F)c(F)c1F. The second-order valence-electron chi connectivity index (χ2n) is 4.29. The van der Waals surface area contributed by atoms with Crippen molar-refractivity contribution in [2.75, 3.05) is 19.4 Å². The van der Waals surface area contributed by atoms with Crippen LogP contribution in [0, 0.1) is 29.1 Å². The van der Waals surface area contributed by atoms with Gasteiger partial charge in [-0.05, 0) is 13.8 Å². The molecule has 1 amide bonds. The van der Waals surface area contributed by atoms with E-state index >= 15 is 0 Å². The lowest BCUT2D eigenvalue weighted by molar-refractivity contribution is -0.243. The molecule has 1 N–H and O–H groups in total. The minimum atomic E-state index is -2.35. The molecule has 0 bridgehead atoms. The summed E-state index contributed by atoms with van der Waals surface area (Å²) < 4.78 is 85.1. The van der Waals surface area contributed by atoms with E-state index in [0.717, 1.165) is 0 Å². The summed E-state index contributed by atoms with van der Waals surface area (Å²) in [7, 11) is -1.41. The summed E-state index contributed by atoms with van der Waals surface area (Å²) in [6.45, 7) is 3.19. The molecule has 142 valence electrons. The number of benzene rings is 1. The van der Waals surface area contributed by atoms with Crippen molar-refractivity contribution >= 4 is 15.9 Å². The average molecular weight is 389 g/mol. The van der Waals surface area contributed by atoms with Crippen LogP contribution in [-0.2, 0) is 13.9 Å². The lowest BCUT2D eigenvalue weighted by Gasteiger charge is -2.17. The minimum absolute atomic E-state index is 0.0646. The van der Waals surface area contributed by atoms with E-state index in [1.807, 2.05) is 0 Å². The second kappa shape index (κ2) is 10.3. The summed E-state index contributed by atoms with van der Waals surface area (Å²) >= 11 is 0. The molecule has 1 aromatic carbocycles. The fourth-order valence-corrected chi connectivity index (χ4v) is 2.34. The van der Waals surface area contributed by atoms with Crippen LogP contribution in [0.1, 0.15) is 13.8 Å². The molecule has 12 heteroatoms. The molecule has 0 heterocycles. The molecule has 0 radical (unpaired) electrons. The lowest BCUT2D eigenvalue weighted by Crippen LogP contribution is -2.34. The van der Waals surface area contributed by atoms with Gasteiger partial charge in [-0.25, -0.2) is 18.0 Å². The third-order valence-corrected chi connectivity index (χ3v) is 3.56. The summed E-state index contributed by atoms with van der Waals surface area (Å²) in [4.78, 5) is 11.4. The molecular weight excluding hydrogens is 373 g/mol. The molecule has 1 aromatic rings. The maximum absolute atomic E-state index is 13.4. The van der Waals surface area contributed by atoms with Gasteiger partial charge in [0.15, 0.2) is 9.76 Å². The Morgan fingerprint density at radius 3 is 1.92 bits per heavy atom. The molecule has 0 aliphatic heterocycles. The number of rotatable bonds is 9. The molecule has 0 atom stereocenters. The van der Waals surface area contributed by atoms with Crippen LogP contribution in [0.15, 0.2) is 0 Å². The average Bonchev–Trinajstić information content (AvgIpc) is 2.59. The maximum atomic E-state index is 13.4. The van der Waals surface area contributed by atoms with Gasteiger partial charge in [-0.15, -0.1) is 0 Å². The maximum Gasteiger partial charge on any atom is 0.412 e. The predicted octanol–water partition coefficient (Wildman–Crippen LogP) is 1.88. The number of carbonyl (C=O) groups is 1. The van der Waals surface area contributed by atoms with Gasteiger partial charge < -0.3 is 24.0 Å². The van der Waals surface area contributed by atoms with E-state index in [1.54, 1.807) is 13.8 Å². The summed E-state index contributed by atoms with van der Waals surface area (Å²) in [6, 6.07) is 0. The highest BCUT2D eigenvalue weighted by Crippen LogP contribution is 2.29. The zero-order valence-corrected chi connectivity index (χ0v) is 14.8. The lowest BCUT2D eigenvalue weighted by atomic mass is 10.3. The highest BCUT2D eigenvalue weighted by Gasteiger charge is 2.28. The molecule has 0 saturated heterocycles. The Morgan fingerprint density at radius 1 is 0.960 bits per heavy atom. The topological polar surface area (TPSA) is 66.0 Å². The third kappa shape index (κ3) is 5.92. The van der Waals surface area contributed by atoms with Gasteiger partial charge in [0.2, 0.25) is 34.8 Å². The summed E-state index contributed by atoms with van der Waals surface area (Å²) in [6.07, 6.45) is -1.46. The van der Waals surface area contributed by atoms with Crippen LogP contribution >= 0.6 is 0 Å². The van der Waals surface area contributed by atoms with Gasteiger partial charge in [0.05, 0.1) is 0 Å². The largest absolute Gasteiger partial charge is 0.412 e. The first-order valence-electron chi connectivity index (χ1n) is 7.15. The van der Waals surface area contributed by atoms with Gasteiger partial charge in [-0.3, -0.25) is 0 Å². The van der Waals surface area contributed by atoms with Crippen molar-refractivity contribution < 1.29 is 45.4 Å². The van der Waals surface area contributed by atoms with Crippen molar-refractivity contribution in [1.82, 2.24) is 5.32 Å². The predicted molar refractivity (Wildman–Crippen MR) is 76.9 cm³/mol. The van der Waals surface area contributed by atoms with E-state index in [-0.39, 0.29) is 6.17 Å². The van der Waals surface area contributed by atoms with Crippen molar-refractivity contribution in [1.29, 1.82) is 0 Å². The summed E-state index contributed by atoms with van der Waals surface area (Å²) in [5.74, 6) is -12.9. The smallest absolute Gasteiger partial charge is 0.404 e. The van der Waals surface area contributed by atoms with E-state index in [1.165, 1.54) is 0 Å². The van der Waals surface area contributed by atoms with Crippen molar-refractivity contribution in [2.45, 2.75) is 20.3 Å². The summed E-state index contributed by atoms with van der Waals surface area (Å²) in [5, 5.41) is 2.07. The number of hydrogen-bond acceptors (Lipinski definition) is 5. The standard InChI is InChI=1S/C13H16F5NO5Si/c1-3-21-13(22-4-2)24-25-5-19-12(20)23-11-9(17)7(15)6(14)8(16)10(11)18/h13H,3-5,25H2,1-2H3,(H,19,20). The quantitative estimate of drug-likeness (QED) is 0.175. The van der Waals surface area contributed by atoms with Crippen molar-refractivity contribution in [2.24, 2.45) is 0 Å². The molecule has 0 aliphatic rings. The van der Waals surface area contributed by atoms with Gasteiger partial charge in [-0.2, -0.15) is 8.78 Å². The number of hydrogen-bond donors (Lipinski definition) is 1. The Morgan fingerprint density at radius 2 is 1.44 bits per heavy atom. The van der Waals surface area contributed by atoms with Crippen LogP contribution in [0.5, 0.6) is 5.75 Å². The van der Waals surface area contributed by atoms with E-state index in [4.69, 9.17) is 13.9 Å². The first-order valence-corrected chi connectivity index (χ1v) is 8.73. The third-order valence-electron chi connectivity index (χ3n) is 2.60. The van der Waals surface area contributed by atoms with E-state index in [2.05, 4.69) is 10.1 Å². The molecule has 0 fully saturated rings. The highest BCUT2D eigenvalue weighted by atomic mass is 28.2. The molecule has 0 spiro atoms. The first kappa shape index (κ1) is 21.3. The number of carbonyl (C=O) groups excluding carboxylic acids is 1. The van der Waals surface area contributed by atoms with Crippen molar-refractivity contribution in [3.63, 3.8) is 0 Å². The Balaban J connectivity index is 2.56. The first-order chi connectivity index (χ1) is 11.8. The van der Waals surface area contributed by atoms with Crippen LogP contribution < -0.4 is 10.1 Å². The fourth-order valence-electron chi connectivity index (χ4n) is 1.53. The number of nitrogens with one attached hydrogen (secondary N) is 1. The van der Waals surface area contributed by atoms with Crippen molar-refractivity contribution in [3.8, 4) is 5.75 Å². The Hall–Kier alpha value is -1.76. The second-order valence-corrected chi connectivity index (χ2v) is 5.53. The van der Waals surface area contributed by atoms with Crippen LogP contribution in [0.3, 0.4) is 0 Å². The van der Waals surface area contributed by atoms with Crippen LogP contribution in [0.25, 0.3) is 0 Å². The zero-order valence-electron chi connectivity index (χ0n) is 13.3. The number of ether oxygens (including phenoxy) is 3. The molecule has 1 rings (SSSR count). The monoisotopic (exact) mass is 389 g/mol. The van der Waals surface area contributed by atoms with Gasteiger partial charge in [0.1, 0.15) is 0 Å². The van der Waals surface area contributed by atoms with Gasteiger partial charge in [-0.1, -0.05) is 0 Å². The van der Waals surface area contributed by atoms with Gasteiger partial charge in [0, 0.05) is 19.4 Å². The van der Waals surface area contributed by atoms with Gasteiger partial charge in [0.25, 0.3) is 6.48 Å². The Kier molecular flexibility index (Phi) is 8.75. The molecule has 0 aliphatic carbocycles. The molecule has 0 saturated carbocycles. The molecular formula is C13H16F5NO5Si. The van der Waals surface area contributed by atoms with Gasteiger partial charge >= 0.3 is 6.09 Å². The Labute approximate surface area is 142 Å². The molecule has 6 nitrogen and oxygen atoms in total. The summed E-state index contributed by atoms with van der Waals surface area (Å²) in [5.41, 5.74) is 0. The van der Waals surface area contributed by atoms with E-state index in [9.17, 15) is 26.7 Å². The number of halogens is 5. The van der Waals surface area contributed by atoms with Crippen LogP contribution in [0.4, 0.5) is 26.7 Å². The minimum Gasteiger partial charge on any atom is -0.404 e. The normalized spacial score (nSPS) is 11.5.